The quantitative estimate of drug-likeness (QED) is 0.760. The Morgan fingerprint density at radius 2 is 2.42 bits per heavy atom. The summed E-state index contributed by atoms with van der Waals surface area (Å²) in [7, 11) is 0. The van der Waals surface area contributed by atoms with E-state index in [-0.39, 0.29) is 12.6 Å². The van der Waals surface area contributed by atoms with Gasteiger partial charge >= 0.3 is 0 Å². The number of fused-ring (bicyclic) bond motifs is 1. The molecule has 64 valence electrons. The summed E-state index contributed by atoms with van der Waals surface area (Å²) in [6.07, 6.45) is 0. The zero-order valence-corrected chi connectivity index (χ0v) is 8.71. The second-order valence-electron chi connectivity index (χ2n) is 2.93. The standard InChI is InChI=1S/C9H10INO/c10-7-3-1-2-6-4-11-8(5-12)9(6)7/h1-3,8,11-12H,4-5H2/t8-/m0/s1. The van der Waals surface area contributed by atoms with E-state index in [0.717, 1.165) is 6.54 Å². The molecule has 2 rings (SSSR count). The van der Waals surface area contributed by atoms with Gasteiger partial charge in [-0.2, -0.15) is 0 Å². The minimum absolute atomic E-state index is 0.146. The molecule has 1 aromatic carbocycles. The molecule has 0 radical (unpaired) electrons. The number of nitrogens with one attached hydrogen (secondary N) is 1. The van der Waals surface area contributed by atoms with Crippen LogP contribution in [0.4, 0.5) is 0 Å². The Balaban J connectivity index is 2.48. The van der Waals surface area contributed by atoms with Crippen LogP contribution in [0.15, 0.2) is 18.2 Å². The van der Waals surface area contributed by atoms with Gasteiger partial charge in [-0.3, -0.25) is 0 Å². The van der Waals surface area contributed by atoms with Crippen molar-refractivity contribution in [1.82, 2.24) is 5.32 Å². The zero-order chi connectivity index (χ0) is 8.55. The van der Waals surface area contributed by atoms with Gasteiger partial charge in [-0.1, -0.05) is 12.1 Å². The predicted molar refractivity (Wildman–Crippen MR) is 55.8 cm³/mol. The molecule has 1 aromatic rings. The molecule has 1 heterocycles. The van der Waals surface area contributed by atoms with E-state index in [9.17, 15) is 0 Å². The van der Waals surface area contributed by atoms with E-state index >= 15 is 0 Å². The molecule has 12 heavy (non-hydrogen) atoms. The Morgan fingerprint density at radius 1 is 1.58 bits per heavy atom. The first kappa shape index (κ1) is 8.47. The molecule has 2 nitrogen and oxygen atoms in total. The summed E-state index contributed by atoms with van der Waals surface area (Å²) in [6.45, 7) is 1.07. The summed E-state index contributed by atoms with van der Waals surface area (Å²) in [5, 5.41) is 12.3. The first-order valence-electron chi connectivity index (χ1n) is 3.94. The van der Waals surface area contributed by atoms with Crippen LogP contribution in [0.1, 0.15) is 17.2 Å². The third-order valence-electron chi connectivity index (χ3n) is 2.21. The monoisotopic (exact) mass is 275 g/mol. The summed E-state index contributed by atoms with van der Waals surface area (Å²) in [6, 6.07) is 6.39. The van der Waals surface area contributed by atoms with Crippen LogP contribution in [0, 0.1) is 3.57 Å². The van der Waals surface area contributed by atoms with Crippen molar-refractivity contribution in [1.29, 1.82) is 0 Å². The van der Waals surface area contributed by atoms with Crippen LogP contribution in [0.5, 0.6) is 0 Å². The van der Waals surface area contributed by atoms with Crippen molar-refractivity contribution in [2.45, 2.75) is 12.6 Å². The molecule has 0 aromatic heterocycles. The van der Waals surface area contributed by atoms with Gasteiger partial charge < -0.3 is 10.4 Å². The normalized spacial score (nSPS) is 21.0. The number of aliphatic hydroxyl groups excluding tert-OH is 1. The fourth-order valence-corrected chi connectivity index (χ4v) is 2.55. The molecule has 0 unspecified atom stereocenters. The number of hydrogen-bond acceptors (Lipinski definition) is 2. The second kappa shape index (κ2) is 3.32. The van der Waals surface area contributed by atoms with Crippen molar-refractivity contribution >= 4 is 22.6 Å². The number of rotatable bonds is 1. The van der Waals surface area contributed by atoms with Gasteiger partial charge in [-0.05, 0) is 39.8 Å². The van der Waals surface area contributed by atoms with Crippen LogP contribution in [-0.4, -0.2) is 11.7 Å². The lowest BCUT2D eigenvalue weighted by atomic mass is 10.1. The maximum Gasteiger partial charge on any atom is 0.0627 e. The summed E-state index contributed by atoms with van der Waals surface area (Å²) >= 11 is 2.31. The molecule has 2 N–H and O–H groups in total. The minimum atomic E-state index is 0.146. The van der Waals surface area contributed by atoms with Crippen LogP contribution in [0.2, 0.25) is 0 Å². The highest BCUT2D eigenvalue weighted by molar-refractivity contribution is 14.1. The summed E-state index contributed by atoms with van der Waals surface area (Å²) in [5.41, 5.74) is 2.60. The number of hydrogen-bond donors (Lipinski definition) is 2. The first-order chi connectivity index (χ1) is 5.83. The lowest BCUT2D eigenvalue weighted by molar-refractivity contribution is 0.251. The average Bonchev–Trinajstić information content (AvgIpc) is 2.49. The highest BCUT2D eigenvalue weighted by Gasteiger charge is 2.22. The molecule has 0 saturated carbocycles. The Hall–Kier alpha value is -0.130. The smallest absolute Gasteiger partial charge is 0.0627 e. The van der Waals surface area contributed by atoms with Gasteiger partial charge in [-0.25, -0.2) is 0 Å². The molecule has 0 saturated heterocycles. The molecule has 0 fully saturated rings. The summed E-state index contributed by atoms with van der Waals surface area (Å²) < 4.78 is 1.24. The average molecular weight is 275 g/mol. The third kappa shape index (κ3) is 1.26. The SMILES string of the molecule is OC[C@@H]1NCc2cccc(I)c21. The fraction of sp³-hybridized carbons (Fsp3) is 0.333. The topological polar surface area (TPSA) is 32.3 Å². The minimum Gasteiger partial charge on any atom is -0.394 e. The van der Waals surface area contributed by atoms with Crippen molar-refractivity contribution in [3.8, 4) is 0 Å². The van der Waals surface area contributed by atoms with Crippen molar-refractivity contribution in [3.63, 3.8) is 0 Å². The van der Waals surface area contributed by atoms with E-state index in [1.54, 1.807) is 0 Å². The van der Waals surface area contributed by atoms with Gasteiger partial charge in [0.15, 0.2) is 0 Å². The lowest BCUT2D eigenvalue weighted by Gasteiger charge is -2.09. The molecule has 0 bridgehead atoms. The molecule has 3 heteroatoms. The van der Waals surface area contributed by atoms with Crippen LogP contribution in [0.25, 0.3) is 0 Å². The van der Waals surface area contributed by atoms with Gasteiger partial charge in [-0.15, -0.1) is 0 Å². The highest BCUT2D eigenvalue weighted by atomic mass is 127. The van der Waals surface area contributed by atoms with Crippen molar-refractivity contribution in [2.75, 3.05) is 6.61 Å². The molecule has 1 aliphatic heterocycles. The Labute approximate surface area is 85.1 Å². The van der Waals surface area contributed by atoms with Gasteiger partial charge in [0.2, 0.25) is 0 Å². The fourth-order valence-electron chi connectivity index (χ4n) is 1.62. The Bertz CT molecular complexity index is 301. The molecule has 0 spiro atoms. The Morgan fingerprint density at radius 3 is 3.17 bits per heavy atom. The predicted octanol–water partition coefficient (Wildman–Crippen LogP) is 1.43. The molecule has 1 atom stereocenters. The van der Waals surface area contributed by atoms with E-state index in [4.69, 9.17) is 5.11 Å². The van der Waals surface area contributed by atoms with Gasteiger partial charge in [0, 0.05) is 10.1 Å². The lowest BCUT2D eigenvalue weighted by Crippen LogP contribution is -2.16. The van der Waals surface area contributed by atoms with E-state index in [1.807, 2.05) is 0 Å². The summed E-state index contributed by atoms with van der Waals surface area (Å²) in [4.78, 5) is 0. The maximum atomic E-state index is 9.07. The highest BCUT2D eigenvalue weighted by Crippen LogP contribution is 2.28. The van der Waals surface area contributed by atoms with Crippen LogP contribution in [-0.2, 0) is 6.54 Å². The van der Waals surface area contributed by atoms with Crippen LogP contribution < -0.4 is 5.32 Å². The molecule has 0 aliphatic carbocycles. The number of aliphatic hydroxyl groups is 1. The van der Waals surface area contributed by atoms with E-state index in [2.05, 4.69) is 46.1 Å². The molecular weight excluding hydrogens is 265 g/mol. The van der Waals surface area contributed by atoms with Crippen molar-refractivity contribution in [2.24, 2.45) is 0 Å². The second-order valence-corrected chi connectivity index (χ2v) is 4.09. The van der Waals surface area contributed by atoms with Crippen LogP contribution >= 0.6 is 22.6 Å². The maximum absolute atomic E-state index is 9.07. The first-order valence-corrected chi connectivity index (χ1v) is 5.02. The van der Waals surface area contributed by atoms with Crippen molar-refractivity contribution < 1.29 is 5.11 Å². The van der Waals surface area contributed by atoms with E-state index < -0.39 is 0 Å². The van der Waals surface area contributed by atoms with Crippen LogP contribution in [0.3, 0.4) is 0 Å². The Kier molecular flexibility index (Phi) is 2.34. The van der Waals surface area contributed by atoms with E-state index in [0.29, 0.717) is 0 Å². The van der Waals surface area contributed by atoms with E-state index in [1.165, 1.54) is 14.7 Å². The molecule has 1 aliphatic rings. The van der Waals surface area contributed by atoms with Gasteiger partial charge in [0.1, 0.15) is 0 Å². The third-order valence-corrected chi connectivity index (χ3v) is 3.15. The number of benzene rings is 1. The molecule has 0 amide bonds. The van der Waals surface area contributed by atoms with Gasteiger partial charge in [0.05, 0.1) is 12.6 Å². The largest absolute Gasteiger partial charge is 0.394 e. The van der Waals surface area contributed by atoms with Crippen molar-refractivity contribution in [3.05, 3.63) is 32.9 Å². The number of halogens is 1. The summed E-state index contributed by atoms with van der Waals surface area (Å²) in [5.74, 6) is 0. The zero-order valence-electron chi connectivity index (χ0n) is 6.55. The molecular formula is C9H10INO. The van der Waals surface area contributed by atoms with Gasteiger partial charge in [0.25, 0.3) is 0 Å².